The second-order valence-electron chi connectivity index (χ2n) is 15.4. The maximum atomic E-state index is 12.6. The van der Waals surface area contributed by atoms with Crippen LogP contribution in [-0.4, -0.2) is 85.7 Å². The van der Waals surface area contributed by atoms with Crippen molar-refractivity contribution < 1.29 is 19.1 Å². The van der Waals surface area contributed by atoms with Gasteiger partial charge in [-0.15, -0.1) is 0 Å². The highest BCUT2D eigenvalue weighted by molar-refractivity contribution is 7.99. The Morgan fingerprint density at radius 1 is 0.509 bits per heavy atom. The highest BCUT2D eigenvalue weighted by Crippen LogP contribution is 2.12. The van der Waals surface area contributed by atoms with Crippen LogP contribution < -0.4 is 0 Å². The molecular formula is C48H86N2O4S. The molecule has 6 nitrogen and oxygen atoms in total. The van der Waals surface area contributed by atoms with E-state index in [9.17, 15) is 9.59 Å². The van der Waals surface area contributed by atoms with E-state index in [-0.39, 0.29) is 11.9 Å². The number of esters is 2. The summed E-state index contributed by atoms with van der Waals surface area (Å²) in [4.78, 5) is 29.9. The van der Waals surface area contributed by atoms with E-state index in [4.69, 9.17) is 9.47 Å². The summed E-state index contributed by atoms with van der Waals surface area (Å²) in [6.45, 7) is 10.9. The summed E-state index contributed by atoms with van der Waals surface area (Å²) in [5.41, 5.74) is 0. The minimum Gasteiger partial charge on any atom is -0.466 e. The molecule has 0 atom stereocenters. The van der Waals surface area contributed by atoms with Gasteiger partial charge in [-0.3, -0.25) is 9.59 Å². The second-order valence-corrected chi connectivity index (χ2v) is 16.6. The molecule has 1 heterocycles. The van der Waals surface area contributed by atoms with Gasteiger partial charge in [-0.2, -0.15) is 11.8 Å². The van der Waals surface area contributed by atoms with Crippen molar-refractivity contribution >= 4 is 23.7 Å². The molecule has 0 aliphatic carbocycles. The monoisotopic (exact) mass is 787 g/mol. The fraction of sp³-hybridized carbons (Fsp3) is 0.792. The maximum Gasteiger partial charge on any atom is 0.307 e. The van der Waals surface area contributed by atoms with E-state index in [1.807, 2.05) is 11.8 Å². The number of carbonyl (C=O) groups is 2. The Kier molecular flexibility index (Phi) is 38.9. The summed E-state index contributed by atoms with van der Waals surface area (Å²) in [5, 5.41) is 0. The number of thioether (sulfide) groups is 1. The SMILES string of the molecule is CCCCC/C=C\C/C=C\CCCCCCCCOC(=O)CCN(CCC(=O)OCCCCCCCC/C=C\C/C=C\CCCCC)CCN1CCSCC1. The Morgan fingerprint density at radius 3 is 1.31 bits per heavy atom. The first-order valence-corrected chi connectivity index (χ1v) is 24.2. The second kappa shape index (κ2) is 41.8. The number of hydrogen-bond acceptors (Lipinski definition) is 7. The van der Waals surface area contributed by atoms with Gasteiger partial charge < -0.3 is 19.3 Å². The Bertz CT molecular complexity index is 909. The molecule has 0 spiro atoms. The predicted octanol–water partition coefficient (Wildman–Crippen LogP) is 12.8. The highest BCUT2D eigenvalue weighted by atomic mass is 32.2. The lowest BCUT2D eigenvalue weighted by Crippen LogP contribution is -2.40. The molecule has 1 saturated heterocycles. The topological polar surface area (TPSA) is 59.1 Å². The third-order valence-electron chi connectivity index (χ3n) is 10.3. The lowest BCUT2D eigenvalue weighted by molar-refractivity contribution is -0.144. The van der Waals surface area contributed by atoms with Gasteiger partial charge in [-0.05, 0) is 77.0 Å². The number of unbranched alkanes of at least 4 members (excludes halogenated alkanes) is 18. The van der Waals surface area contributed by atoms with Crippen molar-refractivity contribution in [1.82, 2.24) is 9.80 Å². The molecule has 1 rings (SSSR count). The molecule has 318 valence electrons. The zero-order valence-electron chi connectivity index (χ0n) is 36.0. The van der Waals surface area contributed by atoms with Crippen LogP contribution in [-0.2, 0) is 19.1 Å². The fourth-order valence-electron chi connectivity index (χ4n) is 6.64. The fourth-order valence-corrected chi connectivity index (χ4v) is 7.62. The van der Waals surface area contributed by atoms with Crippen molar-refractivity contribution in [3.05, 3.63) is 48.6 Å². The maximum absolute atomic E-state index is 12.6. The van der Waals surface area contributed by atoms with Crippen LogP contribution in [0, 0.1) is 0 Å². The summed E-state index contributed by atoms with van der Waals surface area (Å²) < 4.78 is 11.2. The van der Waals surface area contributed by atoms with Crippen molar-refractivity contribution in [3.8, 4) is 0 Å². The summed E-state index contributed by atoms with van der Waals surface area (Å²) in [6, 6.07) is 0. The number of nitrogens with zero attached hydrogens (tertiary/aromatic N) is 2. The van der Waals surface area contributed by atoms with E-state index in [2.05, 4.69) is 72.3 Å². The smallest absolute Gasteiger partial charge is 0.307 e. The quantitative estimate of drug-likeness (QED) is 0.0349. The molecule has 0 radical (unpaired) electrons. The van der Waals surface area contributed by atoms with Crippen LogP contribution in [0.3, 0.4) is 0 Å². The number of rotatable bonds is 39. The molecule has 0 saturated carbocycles. The summed E-state index contributed by atoms with van der Waals surface area (Å²) >= 11 is 2.02. The first-order chi connectivity index (χ1) is 27.2. The molecule has 0 bridgehead atoms. The van der Waals surface area contributed by atoms with Gasteiger partial charge in [0.25, 0.3) is 0 Å². The van der Waals surface area contributed by atoms with Gasteiger partial charge in [0.05, 0.1) is 26.1 Å². The highest BCUT2D eigenvalue weighted by Gasteiger charge is 2.15. The molecule has 0 aromatic carbocycles. The third kappa shape index (κ3) is 37.5. The Balaban J connectivity index is 2.11. The standard InChI is InChI=1S/C48H86N2O4S/c1-3-5-7-9-11-13-15-17-19-21-23-25-27-29-31-33-43-53-47(51)35-37-49(39-40-50-41-45-55-46-42-50)38-36-48(52)54-44-34-32-30-28-26-24-22-20-18-16-14-12-10-8-6-4-2/h11-14,17-20H,3-10,15-16,21-46H2,1-2H3/b13-11-,14-12-,19-17-,20-18-. The van der Waals surface area contributed by atoms with Gasteiger partial charge in [0.2, 0.25) is 0 Å². The number of hydrogen-bond donors (Lipinski definition) is 0. The minimum absolute atomic E-state index is 0.123. The Labute approximate surface area is 344 Å². The molecule has 0 amide bonds. The molecule has 0 unspecified atom stereocenters. The molecule has 55 heavy (non-hydrogen) atoms. The van der Waals surface area contributed by atoms with Crippen LogP contribution >= 0.6 is 11.8 Å². The van der Waals surface area contributed by atoms with Crippen molar-refractivity contribution in [2.75, 3.05) is 64.0 Å². The number of allylic oxidation sites excluding steroid dienone is 8. The van der Waals surface area contributed by atoms with Gasteiger partial charge in [0.15, 0.2) is 0 Å². The Morgan fingerprint density at radius 2 is 0.891 bits per heavy atom. The Hall–Kier alpha value is -1.83. The normalized spacial score (nSPS) is 14.1. The molecule has 1 fully saturated rings. The number of ether oxygens (including phenoxy) is 2. The molecule has 1 aliphatic rings. The van der Waals surface area contributed by atoms with Crippen molar-refractivity contribution in [2.24, 2.45) is 0 Å². The molecule has 0 aromatic rings. The minimum atomic E-state index is -0.123. The lowest BCUT2D eigenvalue weighted by atomic mass is 10.1. The van der Waals surface area contributed by atoms with Crippen LogP contribution in [0.15, 0.2) is 48.6 Å². The lowest BCUT2D eigenvalue weighted by Gasteiger charge is -2.29. The summed E-state index contributed by atoms with van der Waals surface area (Å²) in [7, 11) is 0. The van der Waals surface area contributed by atoms with E-state index < -0.39 is 0 Å². The first-order valence-electron chi connectivity index (χ1n) is 23.1. The zero-order valence-corrected chi connectivity index (χ0v) is 36.8. The number of carbonyl (C=O) groups excluding carboxylic acids is 2. The van der Waals surface area contributed by atoms with E-state index in [1.165, 1.54) is 127 Å². The average Bonchev–Trinajstić information content (AvgIpc) is 3.20. The van der Waals surface area contributed by atoms with E-state index in [0.29, 0.717) is 39.1 Å². The van der Waals surface area contributed by atoms with E-state index in [1.54, 1.807) is 0 Å². The summed E-state index contributed by atoms with van der Waals surface area (Å²) in [6.07, 6.45) is 48.1. The molecule has 0 N–H and O–H groups in total. The molecule has 1 aliphatic heterocycles. The third-order valence-corrected chi connectivity index (χ3v) is 11.3. The van der Waals surface area contributed by atoms with Gasteiger partial charge in [-0.1, -0.05) is 140 Å². The van der Waals surface area contributed by atoms with Gasteiger partial charge in [0.1, 0.15) is 0 Å². The predicted molar refractivity (Wildman–Crippen MR) is 240 cm³/mol. The molecule has 0 aromatic heterocycles. The van der Waals surface area contributed by atoms with E-state index >= 15 is 0 Å². The van der Waals surface area contributed by atoms with Crippen LogP contribution in [0.5, 0.6) is 0 Å². The van der Waals surface area contributed by atoms with Gasteiger partial charge >= 0.3 is 11.9 Å². The first kappa shape index (κ1) is 51.2. The van der Waals surface area contributed by atoms with Gasteiger partial charge in [-0.25, -0.2) is 0 Å². The van der Waals surface area contributed by atoms with Crippen LogP contribution in [0.2, 0.25) is 0 Å². The largest absolute Gasteiger partial charge is 0.466 e. The van der Waals surface area contributed by atoms with Crippen LogP contribution in [0.25, 0.3) is 0 Å². The molecular weight excluding hydrogens is 701 g/mol. The van der Waals surface area contributed by atoms with Crippen molar-refractivity contribution in [3.63, 3.8) is 0 Å². The van der Waals surface area contributed by atoms with Gasteiger partial charge in [0, 0.05) is 50.8 Å². The van der Waals surface area contributed by atoms with Crippen molar-refractivity contribution in [2.45, 2.75) is 181 Å². The summed E-state index contributed by atoms with van der Waals surface area (Å²) in [5.74, 6) is 2.12. The van der Waals surface area contributed by atoms with Crippen LogP contribution in [0.1, 0.15) is 181 Å². The zero-order chi connectivity index (χ0) is 39.5. The van der Waals surface area contributed by atoms with E-state index in [0.717, 1.165) is 64.7 Å². The average molecular weight is 787 g/mol. The van der Waals surface area contributed by atoms with Crippen LogP contribution in [0.4, 0.5) is 0 Å². The molecule has 7 heteroatoms. The van der Waals surface area contributed by atoms with Crippen molar-refractivity contribution in [1.29, 1.82) is 0 Å².